The molecule has 0 saturated heterocycles. The van der Waals surface area contributed by atoms with Gasteiger partial charge in [-0.25, -0.2) is 4.39 Å². The highest BCUT2D eigenvalue weighted by Gasteiger charge is 2.11. The Balaban J connectivity index is 2.24. The van der Waals surface area contributed by atoms with E-state index in [0.717, 1.165) is 0 Å². The molecule has 0 aliphatic rings. The fourth-order valence-electron chi connectivity index (χ4n) is 1.55. The predicted octanol–water partition coefficient (Wildman–Crippen LogP) is 5.06. The minimum atomic E-state index is -0.420. The molecule has 2 rings (SSSR count). The van der Waals surface area contributed by atoms with Gasteiger partial charge in [0.1, 0.15) is 12.4 Å². The average molecular weight is 365 g/mol. The van der Waals surface area contributed by atoms with Crippen molar-refractivity contribution in [3.05, 3.63) is 56.2 Å². The van der Waals surface area contributed by atoms with Crippen LogP contribution in [0.2, 0.25) is 10.0 Å². The van der Waals surface area contributed by atoms with Crippen LogP contribution in [0.5, 0.6) is 5.75 Å². The first-order chi connectivity index (χ1) is 8.99. The van der Waals surface area contributed by atoms with Crippen molar-refractivity contribution < 1.29 is 9.13 Å². The SMILES string of the molecule is Nc1cc(Cl)cc(Br)c1OCc1c(F)cccc1Cl. The largest absolute Gasteiger partial charge is 0.485 e. The summed E-state index contributed by atoms with van der Waals surface area (Å²) in [4.78, 5) is 0. The van der Waals surface area contributed by atoms with E-state index in [-0.39, 0.29) is 12.2 Å². The number of nitrogens with two attached hydrogens (primary N) is 1. The van der Waals surface area contributed by atoms with Gasteiger partial charge in [-0.15, -0.1) is 0 Å². The average Bonchev–Trinajstić information content (AvgIpc) is 2.31. The molecule has 0 saturated carbocycles. The molecule has 0 heterocycles. The first kappa shape index (κ1) is 14.4. The van der Waals surface area contributed by atoms with Crippen LogP contribution >= 0.6 is 39.1 Å². The topological polar surface area (TPSA) is 35.2 Å². The molecular weight excluding hydrogens is 356 g/mol. The molecule has 2 nitrogen and oxygen atoms in total. The summed E-state index contributed by atoms with van der Waals surface area (Å²) in [5.74, 6) is -0.0140. The first-order valence-electron chi connectivity index (χ1n) is 5.29. The summed E-state index contributed by atoms with van der Waals surface area (Å²) in [6.45, 7) is -0.0179. The molecule has 2 N–H and O–H groups in total. The van der Waals surface area contributed by atoms with Crippen LogP contribution in [0.25, 0.3) is 0 Å². The normalized spacial score (nSPS) is 10.5. The highest BCUT2D eigenvalue weighted by Crippen LogP contribution is 2.35. The van der Waals surface area contributed by atoms with Crippen LogP contribution in [0.1, 0.15) is 5.56 Å². The van der Waals surface area contributed by atoms with E-state index in [4.69, 9.17) is 33.7 Å². The Labute approximate surface area is 128 Å². The molecule has 0 atom stereocenters. The van der Waals surface area contributed by atoms with Crippen molar-refractivity contribution in [3.8, 4) is 5.75 Å². The summed E-state index contributed by atoms with van der Waals surface area (Å²) in [7, 11) is 0. The molecule has 0 unspecified atom stereocenters. The van der Waals surface area contributed by atoms with E-state index in [0.29, 0.717) is 26.0 Å². The number of anilines is 1. The van der Waals surface area contributed by atoms with Gasteiger partial charge < -0.3 is 10.5 Å². The number of rotatable bonds is 3. The van der Waals surface area contributed by atoms with E-state index >= 15 is 0 Å². The zero-order valence-corrected chi connectivity index (χ0v) is 12.7. The van der Waals surface area contributed by atoms with Gasteiger partial charge in [-0.3, -0.25) is 0 Å². The van der Waals surface area contributed by atoms with Gasteiger partial charge >= 0.3 is 0 Å². The minimum Gasteiger partial charge on any atom is -0.485 e. The minimum absolute atomic E-state index is 0.0179. The third kappa shape index (κ3) is 3.32. The second kappa shape index (κ2) is 5.99. The standard InChI is InChI=1S/C13H9BrCl2FNO/c14-9-4-7(15)5-12(18)13(9)19-6-8-10(16)2-1-3-11(8)17/h1-5H,6,18H2. The van der Waals surface area contributed by atoms with Gasteiger partial charge in [-0.05, 0) is 40.2 Å². The molecule has 19 heavy (non-hydrogen) atoms. The van der Waals surface area contributed by atoms with Crippen molar-refractivity contribution in [2.75, 3.05) is 5.73 Å². The Morgan fingerprint density at radius 2 is 2.00 bits per heavy atom. The van der Waals surface area contributed by atoms with Gasteiger partial charge in [-0.1, -0.05) is 29.3 Å². The van der Waals surface area contributed by atoms with Gasteiger partial charge in [0.25, 0.3) is 0 Å². The Bertz CT molecular complexity index is 578. The van der Waals surface area contributed by atoms with Crippen LogP contribution in [0.3, 0.4) is 0 Å². The maximum atomic E-state index is 13.6. The summed E-state index contributed by atoms with van der Waals surface area (Å²) in [6.07, 6.45) is 0. The summed E-state index contributed by atoms with van der Waals surface area (Å²) in [5, 5.41) is 0.796. The molecule has 0 amide bonds. The van der Waals surface area contributed by atoms with Crippen molar-refractivity contribution in [3.63, 3.8) is 0 Å². The second-order valence-corrected chi connectivity index (χ2v) is 5.49. The third-order valence-corrected chi connectivity index (χ3v) is 3.62. The molecule has 0 fully saturated rings. The van der Waals surface area contributed by atoms with Crippen LogP contribution in [0.4, 0.5) is 10.1 Å². The van der Waals surface area contributed by atoms with Crippen LogP contribution in [-0.4, -0.2) is 0 Å². The van der Waals surface area contributed by atoms with Crippen LogP contribution < -0.4 is 10.5 Å². The zero-order chi connectivity index (χ0) is 14.0. The number of benzene rings is 2. The Kier molecular flexibility index (Phi) is 4.55. The summed E-state index contributed by atoms with van der Waals surface area (Å²) in [6, 6.07) is 7.67. The quantitative estimate of drug-likeness (QED) is 0.773. The van der Waals surface area contributed by atoms with Crippen LogP contribution in [0, 0.1) is 5.82 Å². The van der Waals surface area contributed by atoms with Crippen molar-refractivity contribution in [2.45, 2.75) is 6.61 Å². The number of nitrogen functional groups attached to an aromatic ring is 1. The predicted molar refractivity (Wildman–Crippen MR) is 79.3 cm³/mol. The van der Waals surface area contributed by atoms with Crippen molar-refractivity contribution in [1.82, 2.24) is 0 Å². The fourth-order valence-corrected chi connectivity index (χ4v) is 2.71. The van der Waals surface area contributed by atoms with Gasteiger partial charge in [0.15, 0.2) is 5.75 Å². The molecule has 2 aromatic carbocycles. The molecule has 0 spiro atoms. The van der Waals surface area contributed by atoms with E-state index in [9.17, 15) is 4.39 Å². The van der Waals surface area contributed by atoms with E-state index in [1.807, 2.05) is 0 Å². The lowest BCUT2D eigenvalue weighted by atomic mass is 10.2. The highest BCUT2D eigenvalue weighted by molar-refractivity contribution is 9.10. The summed E-state index contributed by atoms with van der Waals surface area (Å²) < 4.78 is 19.7. The fraction of sp³-hybridized carbons (Fsp3) is 0.0769. The lowest BCUT2D eigenvalue weighted by molar-refractivity contribution is 0.300. The Morgan fingerprint density at radius 1 is 1.26 bits per heavy atom. The molecular formula is C13H9BrCl2FNO. The Morgan fingerprint density at radius 3 is 2.63 bits per heavy atom. The van der Waals surface area contributed by atoms with Gasteiger partial charge in [0, 0.05) is 10.6 Å². The van der Waals surface area contributed by atoms with Crippen molar-refractivity contribution >= 4 is 44.8 Å². The number of hydrogen-bond acceptors (Lipinski definition) is 2. The summed E-state index contributed by atoms with van der Waals surface area (Å²) >= 11 is 15.1. The lowest BCUT2D eigenvalue weighted by Crippen LogP contribution is -2.02. The smallest absolute Gasteiger partial charge is 0.156 e. The van der Waals surface area contributed by atoms with Gasteiger partial charge in [0.05, 0.1) is 15.2 Å². The van der Waals surface area contributed by atoms with E-state index < -0.39 is 5.82 Å². The molecule has 6 heteroatoms. The summed E-state index contributed by atoms with van der Waals surface area (Å²) in [5.41, 5.74) is 6.45. The zero-order valence-electron chi connectivity index (χ0n) is 9.59. The van der Waals surface area contributed by atoms with Crippen LogP contribution in [0.15, 0.2) is 34.8 Å². The van der Waals surface area contributed by atoms with E-state index in [1.54, 1.807) is 18.2 Å². The van der Waals surface area contributed by atoms with E-state index in [2.05, 4.69) is 15.9 Å². The maximum Gasteiger partial charge on any atom is 0.156 e. The molecule has 0 aliphatic heterocycles. The van der Waals surface area contributed by atoms with Crippen molar-refractivity contribution in [1.29, 1.82) is 0 Å². The first-order valence-corrected chi connectivity index (χ1v) is 6.84. The molecule has 100 valence electrons. The number of halogens is 4. The molecule has 0 aliphatic carbocycles. The molecule has 0 bridgehead atoms. The third-order valence-electron chi connectivity index (χ3n) is 2.46. The number of ether oxygens (including phenoxy) is 1. The maximum absolute atomic E-state index is 13.6. The van der Waals surface area contributed by atoms with E-state index in [1.165, 1.54) is 12.1 Å². The second-order valence-electron chi connectivity index (χ2n) is 3.79. The molecule has 0 radical (unpaired) electrons. The lowest BCUT2D eigenvalue weighted by Gasteiger charge is -2.12. The number of hydrogen-bond donors (Lipinski definition) is 1. The monoisotopic (exact) mass is 363 g/mol. The molecule has 0 aromatic heterocycles. The Hall–Kier alpha value is -0.970. The van der Waals surface area contributed by atoms with Gasteiger partial charge in [-0.2, -0.15) is 0 Å². The van der Waals surface area contributed by atoms with Crippen LogP contribution in [-0.2, 0) is 6.61 Å². The van der Waals surface area contributed by atoms with Gasteiger partial charge in [0.2, 0.25) is 0 Å². The highest BCUT2D eigenvalue weighted by atomic mass is 79.9. The van der Waals surface area contributed by atoms with Crippen molar-refractivity contribution in [2.24, 2.45) is 0 Å². The molecule has 2 aromatic rings.